The predicted octanol–water partition coefficient (Wildman–Crippen LogP) is -0.876. The lowest BCUT2D eigenvalue weighted by Crippen LogP contribution is -2.29. The summed E-state index contributed by atoms with van der Waals surface area (Å²) in [5, 5.41) is 8.09. The zero-order chi connectivity index (χ0) is 4.83. The Balaban J connectivity index is 0. The lowest BCUT2D eigenvalue weighted by atomic mass is 10.7. The minimum Gasteiger partial charge on any atom is -0.395 e. The standard InChI is InChI=1S/C3H10N2O.ClH/c1-4-5-2-3-6;/h4-6H,2-3H2,1H3;1H. The molecule has 0 radical (unpaired) electrons. The second kappa shape index (κ2) is 9.48. The van der Waals surface area contributed by atoms with Crippen molar-refractivity contribution in [3.8, 4) is 0 Å². The number of hydrogen-bond donors (Lipinski definition) is 3. The molecule has 0 aliphatic heterocycles. The highest BCUT2D eigenvalue weighted by molar-refractivity contribution is 5.85. The van der Waals surface area contributed by atoms with Gasteiger partial charge in [-0.05, 0) is 7.05 Å². The van der Waals surface area contributed by atoms with Crippen molar-refractivity contribution in [2.45, 2.75) is 0 Å². The minimum atomic E-state index is 0. The molecular formula is C3H11ClN2O. The van der Waals surface area contributed by atoms with Crippen molar-refractivity contribution in [2.75, 3.05) is 20.2 Å². The molecule has 0 aliphatic carbocycles. The third-order valence-corrected chi connectivity index (χ3v) is 0.414. The smallest absolute Gasteiger partial charge is 0.0569 e. The number of hydrogen-bond acceptors (Lipinski definition) is 3. The van der Waals surface area contributed by atoms with Crippen LogP contribution < -0.4 is 10.9 Å². The molecule has 0 heterocycles. The summed E-state index contributed by atoms with van der Waals surface area (Å²) in [5.41, 5.74) is 5.36. The molecular weight excluding hydrogens is 115 g/mol. The first-order valence-electron chi connectivity index (χ1n) is 1.92. The third kappa shape index (κ3) is 10.7. The Morgan fingerprint density at radius 2 is 2.14 bits per heavy atom. The van der Waals surface area contributed by atoms with Crippen LogP contribution in [0.15, 0.2) is 0 Å². The van der Waals surface area contributed by atoms with Crippen molar-refractivity contribution in [2.24, 2.45) is 0 Å². The highest BCUT2D eigenvalue weighted by Crippen LogP contribution is 1.43. The maximum atomic E-state index is 8.09. The summed E-state index contributed by atoms with van der Waals surface area (Å²) in [5.74, 6) is 0. The van der Waals surface area contributed by atoms with E-state index >= 15 is 0 Å². The molecule has 0 amide bonds. The molecule has 0 unspecified atom stereocenters. The monoisotopic (exact) mass is 126 g/mol. The van der Waals surface area contributed by atoms with Crippen molar-refractivity contribution >= 4 is 12.4 Å². The summed E-state index contributed by atoms with van der Waals surface area (Å²) in [7, 11) is 1.76. The van der Waals surface area contributed by atoms with Crippen molar-refractivity contribution in [1.82, 2.24) is 10.9 Å². The molecule has 3 N–H and O–H groups in total. The zero-order valence-electron chi connectivity index (χ0n) is 4.27. The van der Waals surface area contributed by atoms with Gasteiger partial charge in [0.05, 0.1) is 6.61 Å². The van der Waals surface area contributed by atoms with E-state index in [1.165, 1.54) is 0 Å². The van der Waals surface area contributed by atoms with Gasteiger partial charge >= 0.3 is 0 Å². The van der Waals surface area contributed by atoms with Crippen molar-refractivity contribution in [3.05, 3.63) is 0 Å². The summed E-state index contributed by atoms with van der Waals surface area (Å²) < 4.78 is 0. The van der Waals surface area contributed by atoms with Gasteiger partial charge < -0.3 is 5.11 Å². The van der Waals surface area contributed by atoms with E-state index in [4.69, 9.17) is 5.11 Å². The molecule has 0 saturated carbocycles. The maximum absolute atomic E-state index is 8.09. The molecule has 46 valence electrons. The van der Waals surface area contributed by atoms with E-state index in [0.29, 0.717) is 6.54 Å². The Morgan fingerprint density at radius 3 is 2.29 bits per heavy atom. The number of aliphatic hydroxyl groups excluding tert-OH is 1. The fourth-order valence-electron chi connectivity index (χ4n) is 0.181. The van der Waals surface area contributed by atoms with E-state index in [9.17, 15) is 0 Å². The second-order valence-electron chi connectivity index (χ2n) is 0.900. The molecule has 0 bridgehead atoms. The van der Waals surface area contributed by atoms with E-state index in [0.717, 1.165) is 0 Å². The first kappa shape index (κ1) is 10.2. The van der Waals surface area contributed by atoms with Gasteiger partial charge in [0.2, 0.25) is 0 Å². The maximum Gasteiger partial charge on any atom is 0.0569 e. The fourth-order valence-corrected chi connectivity index (χ4v) is 0.181. The van der Waals surface area contributed by atoms with E-state index in [-0.39, 0.29) is 19.0 Å². The van der Waals surface area contributed by atoms with Crippen LogP contribution in [0.5, 0.6) is 0 Å². The summed E-state index contributed by atoms with van der Waals surface area (Å²) in [4.78, 5) is 0. The molecule has 0 aromatic rings. The van der Waals surface area contributed by atoms with Gasteiger partial charge in [-0.3, -0.25) is 10.9 Å². The van der Waals surface area contributed by atoms with Crippen LogP contribution >= 0.6 is 12.4 Å². The Kier molecular flexibility index (Phi) is 13.8. The quantitative estimate of drug-likeness (QED) is 0.340. The lowest BCUT2D eigenvalue weighted by molar-refractivity contribution is 0.286. The summed E-state index contributed by atoms with van der Waals surface area (Å²) >= 11 is 0. The fraction of sp³-hybridized carbons (Fsp3) is 1.00. The highest BCUT2D eigenvalue weighted by Gasteiger charge is 1.70. The molecule has 3 nitrogen and oxygen atoms in total. The van der Waals surface area contributed by atoms with Gasteiger partial charge in [0, 0.05) is 6.54 Å². The summed E-state index contributed by atoms with van der Waals surface area (Å²) in [6.07, 6.45) is 0. The molecule has 0 saturated heterocycles. The topological polar surface area (TPSA) is 44.3 Å². The number of rotatable bonds is 3. The Morgan fingerprint density at radius 1 is 1.57 bits per heavy atom. The van der Waals surface area contributed by atoms with Gasteiger partial charge in [0.15, 0.2) is 0 Å². The molecule has 0 aliphatic rings. The SMILES string of the molecule is CNNCCO.Cl. The zero-order valence-corrected chi connectivity index (χ0v) is 5.09. The van der Waals surface area contributed by atoms with Gasteiger partial charge in [0.1, 0.15) is 0 Å². The minimum absolute atomic E-state index is 0. The first-order valence-corrected chi connectivity index (χ1v) is 1.92. The van der Waals surface area contributed by atoms with Crippen LogP contribution in [-0.2, 0) is 0 Å². The molecule has 0 aromatic carbocycles. The number of aliphatic hydroxyl groups is 1. The Bertz CT molecular complexity index is 24.9. The van der Waals surface area contributed by atoms with Crippen molar-refractivity contribution in [3.63, 3.8) is 0 Å². The van der Waals surface area contributed by atoms with Crippen LogP contribution in [0.2, 0.25) is 0 Å². The Hall–Kier alpha value is 0.170. The largest absolute Gasteiger partial charge is 0.395 e. The lowest BCUT2D eigenvalue weighted by Gasteiger charge is -1.94. The highest BCUT2D eigenvalue weighted by atomic mass is 35.5. The van der Waals surface area contributed by atoms with Crippen LogP contribution in [0.1, 0.15) is 0 Å². The van der Waals surface area contributed by atoms with Gasteiger partial charge in [0.25, 0.3) is 0 Å². The molecule has 0 aromatic heterocycles. The van der Waals surface area contributed by atoms with E-state index < -0.39 is 0 Å². The number of nitrogens with one attached hydrogen (secondary N) is 2. The van der Waals surface area contributed by atoms with Crippen molar-refractivity contribution < 1.29 is 5.11 Å². The Labute approximate surface area is 49.5 Å². The van der Waals surface area contributed by atoms with Gasteiger partial charge in [-0.15, -0.1) is 12.4 Å². The van der Waals surface area contributed by atoms with Crippen LogP contribution in [0.3, 0.4) is 0 Å². The molecule has 7 heavy (non-hydrogen) atoms. The molecule has 0 fully saturated rings. The molecule has 0 atom stereocenters. The van der Waals surface area contributed by atoms with Crippen molar-refractivity contribution in [1.29, 1.82) is 0 Å². The van der Waals surface area contributed by atoms with Crippen LogP contribution in [-0.4, -0.2) is 25.3 Å². The molecule has 4 heteroatoms. The van der Waals surface area contributed by atoms with Crippen LogP contribution in [0, 0.1) is 0 Å². The predicted molar refractivity (Wildman–Crippen MR) is 31.4 cm³/mol. The van der Waals surface area contributed by atoms with Gasteiger partial charge in [-0.25, -0.2) is 0 Å². The first-order chi connectivity index (χ1) is 2.91. The normalized spacial score (nSPS) is 7.71. The van der Waals surface area contributed by atoms with Gasteiger partial charge in [-0.1, -0.05) is 0 Å². The van der Waals surface area contributed by atoms with E-state index in [1.807, 2.05) is 0 Å². The summed E-state index contributed by atoms with van der Waals surface area (Å²) in [6, 6.07) is 0. The van der Waals surface area contributed by atoms with Crippen LogP contribution in [0.4, 0.5) is 0 Å². The second-order valence-corrected chi connectivity index (χ2v) is 0.900. The molecule has 0 spiro atoms. The summed E-state index contributed by atoms with van der Waals surface area (Å²) in [6.45, 7) is 0.789. The van der Waals surface area contributed by atoms with E-state index in [1.54, 1.807) is 7.05 Å². The van der Waals surface area contributed by atoms with E-state index in [2.05, 4.69) is 10.9 Å². The van der Waals surface area contributed by atoms with Crippen LogP contribution in [0.25, 0.3) is 0 Å². The average Bonchev–Trinajstić information content (AvgIpc) is 1.61. The third-order valence-electron chi connectivity index (χ3n) is 0.414. The molecule has 0 rings (SSSR count). The van der Waals surface area contributed by atoms with Gasteiger partial charge in [-0.2, -0.15) is 0 Å². The average molecular weight is 127 g/mol. The number of hydrazine groups is 1. The number of halogens is 1.